The lowest BCUT2D eigenvalue weighted by atomic mass is 9.86. The third-order valence-electron chi connectivity index (χ3n) is 9.19. The molecule has 2 aromatic rings. The van der Waals surface area contributed by atoms with Crippen LogP contribution in [0.15, 0.2) is 84.5 Å². The molecule has 3 rings (SSSR count). The topological polar surface area (TPSA) is 35.5 Å². The Labute approximate surface area is 240 Å². The van der Waals surface area contributed by atoms with Crippen LogP contribution in [0.5, 0.6) is 0 Å². The minimum atomic E-state index is -2.84. The Morgan fingerprint density at radius 1 is 0.769 bits per heavy atom. The summed E-state index contributed by atoms with van der Waals surface area (Å²) in [5, 5.41) is 1.99. The van der Waals surface area contributed by atoms with E-state index in [1.165, 1.54) is 5.57 Å². The minimum absolute atomic E-state index is 0.0894. The van der Waals surface area contributed by atoms with Crippen LogP contribution in [-0.2, 0) is 13.4 Å². The number of rotatable bonds is 8. The van der Waals surface area contributed by atoms with Crippen LogP contribution in [0.25, 0.3) is 0 Å². The number of hydrogen-bond acceptors (Lipinski definition) is 3. The Bertz CT molecular complexity index is 1120. The molecule has 1 unspecified atom stereocenters. The fourth-order valence-corrected chi connectivity index (χ4v) is 9.59. The summed E-state index contributed by atoms with van der Waals surface area (Å²) in [5.74, 6) is 0. The summed E-state index contributed by atoms with van der Waals surface area (Å²) in [7, 11) is -6.92. The molecular weight excluding hydrogens is 532 g/mol. The maximum absolute atomic E-state index is 14.7. The Morgan fingerprint density at radius 2 is 1.13 bits per heavy atom. The largest absolute Gasteiger partial charge is 0.410 e. The smallest absolute Gasteiger partial charge is 0.192 e. The van der Waals surface area contributed by atoms with Gasteiger partial charge >= 0.3 is 0 Å². The summed E-state index contributed by atoms with van der Waals surface area (Å²) in [6.45, 7) is 27.5. The van der Waals surface area contributed by atoms with Gasteiger partial charge in [0.25, 0.3) is 0 Å². The van der Waals surface area contributed by atoms with Gasteiger partial charge in [0.1, 0.15) is 7.14 Å². The van der Waals surface area contributed by atoms with Crippen LogP contribution in [0.4, 0.5) is 0 Å². The van der Waals surface area contributed by atoms with Crippen LogP contribution in [0.2, 0.25) is 36.3 Å². The first-order valence-corrected chi connectivity index (χ1v) is 22.0. The van der Waals surface area contributed by atoms with Crippen molar-refractivity contribution in [3.63, 3.8) is 0 Å². The van der Waals surface area contributed by atoms with Crippen LogP contribution in [-0.4, -0.2) is 35.0 Å². The van der Waals surface area contributed by atoms with Crippen LogP contribution in [0.1, 0.15) is 54.4 Å². The molecule has 1 fully saturated rings. The molecule has 6 heteroatoms. The van der Waals surface area contributed by atoms with Crippen molar-refractivity contribution in [2.24, 2.45) is 0 Å². The van der Waals surface area contributed by atoms with E-state index in [-0.39, 0.29) is 22.3 Å². The van der Waals surface area contributed by atoms with Crippen LogP contribution in [0.3, 0.4) is 0 Å². The van der Waals surface area contributed by atoms with Crippen molar-refractivity contribution in [2.75, 3.05) is 6.16 Å². The zero-order valence-corrected chi connectivity index (χ0v) is 28.9. The second-order valence-corrected chi connectivity index (χ2v) is 26.6. The van der Waals surface area contributed by atoms with E-state index in [2.05, 4.69) is 80.4 Å². The lowest BCUT2D eigenvalue weighted by molar-refractivity contribution is 0.132. The highest BCUT2D eigenvalue weighted by Crippen LogP contribution is 2.47. The average molecular weight is 583 g/mol. The summed E-state index contributed by atoms with van der Waals surface area (Å²) in [6.07, 6.45) is 4.11. The number of allylic oxidation sites excluding steroid dienone is 1. The van der Waals surface area contributed by atoms with E-state index in [4.69, 9.17) is 8.85 Å². The van der Waals surface area contributed by atoms with Gasteiger partial charge < -0.3 is 13.4 Å². The van der Waals surface area contributed by atoms with Crippen molar-refractivity contribution in [1.82, 2.24) is 0 Å². The highest BCUT2D eigenvalue weighted by Gasteiger charge is 2.45. The first kappa shape index (κ1) is 32.0. The molecule has 0 heterocycles. The van der Waals surface area contributed by atoms with E-state index < -0.39 is 23.8 Å². The maximum Gasteiger partial charge on any atom is 0.192 e. The van der Waals surface area contributed by atoms with Gasteiger partial charge in [0.05, 0.1) is 12.2 Å². The lowest BCUT2D eigenvalue weighted by Gasteiger charge is -2.46. The van der Waals surface area contributed by atoms with E-state index in [1.54, 1.807) is 0 Å². The summed E-state index contributed by atoms with van der Waals surface area (Å²) >= 11 is 0. The van der Waals surface area contributed by atoms with Gasteiger partial charge in [-0.3, -0.25) is 0 Å². The molecule has 0 spiro atoms. The molecule has 0 radical (unpaired) electrons. The predicted octanol–water partition coefficient (Wildman–Crippen LogP) is 9.06. The van der Waals surface area contributed by atoms with E-state index in [0.717, 1.165) is 29.0 Å². The van der Waals surface area contributed by atoms with Crippen molar-refractivity contribution < 1.29 is 13.4 Å². The normalized spacial score (nSPS) is 20.9. The molecule has 1 aliphatic carbocycles. The molecule has 0 bridgehead atoms. The van der Waals surface area contributed by atoms with Gasteiger partial charge in [0.15, 0.2) is 16.6 Å². The van der Waals surface area contributed by atoms with Gasteiger partial charge in [-0.25, -0.2) is 0 Å². The lowest BCUT2D eigenvalue weighted by Crippen LogP contribution is -2.49. The summed E-state index contributed by atoms with van der Waals surface area (Å²) in [6, 6.07) is 19.9. The zero-order chi connectivity index (χ0) is 29.3. The monoisotopic (exact) mass is 582 g/mol. The summed E-state index contributed by atoms with van der Waals surface area (Å²) in [4.78, 5) is 0. The molecule has 2 atom stereocenters. The Morgan fingerprint density at radius 3 is 1.46 bits per heavy atom. The van der Waals surface area contributed by atoms with Gasteiger partial charge in [-0.05, 0) is 54.7 Å². The molecule has 0 aromatic heterocycles. The van der Waals surface area contributed by atoms with E-state index in [0.29, 0.717) is 6.16 Å². The average Bonchev–Trinajstić information content (AvgIpc) is 2.84. The third kappa shape index (κ3) is 7.43. The van der Waals surface area contributed by atoms with E-state index in [1.807, 2.05) is 60.7 Å². The van der Waals surface area contributed by atoms with E-state index in [9.17, 15) is 4.57 Å². The minimum Gasteiger partial charge on any atom is -0.410 e. The highest BCUT2D eigenvalue weighted by molar-refractivity contribution is 7.78. The fraction of sp³-hybridized carbons (Fsp3) is 0.515. The van der Waals surface area contributed by atoms with Crippen molar-refractivity contribution >= 4 is 34.4 Å². The van der Waals surface area contributed by atoms with Crippen LogP contribution >= 0.6 is 7.14 Å². The van der Waals surface area contributed by atoms with Crippen LogP contribution in [0, 0.1) is 0 Å². The molecule has 0 amide bonds. The zero-order valence-electron chi connectivity index (χ0n) is 26.0. The van der Waals surface area contributed by atoms with Gasteiger partial charge in [-0.1, -0.05) is 120 Å². The molecule has 3 nitrogen and oxygen atoms in total. The van der Waals surface area contributed by atoms with Crippen molar-refractivity contribution in [2.45, 2.75) is 103 Å². The predicted molar refractivity (Wildman–Crippen MR) is 175 cm³/mol. The second kappa shape index (κ2) is 11.8. The summed E-state index contributed by atoms with van der Waals surface area (Å²) in [5.41, 5.74) is 2.33. The van der Waals surface area contributed by atoms with Gasteiger partial charge in [0.2, 0.25) is 0 Å². The molecule has 0 aliphatic heterocycles. The fourth-order valence-electron chi connectivity index (χ4n) is 4.45. The van der Waals surface area contributed by atoms with Crippen molar-refractivity contribution in [1.29, 1.82) is 0 Å². The summed E-state index contributed by atoms with van der Waals surface area (Å²) < 4.78 is 28.7. The standard InChI is InChI=1S/C33H51O3PSi2/c1-26-30(35-38(8,9)32(2,3)4)24-27(25-31(26)36-39(10,11)33(5,6)7)22-23-37(34,28-18-14-12-15-19-28)29-20-16-13-17-21-29/h12-22,30-31H,1,23-25H2,2-11H3/t30-,31?/m1/s1. The van der Waals surface area contributed by atoms with Gasteiger partial charge in [-0.15, -0.1) is 0 Å². The molecular formula is C33H51O3PSi2. The Kier molecular flexibility index (Phi) is 9.67. The first-order valence-electron chi connectivity index (χ1n) is 14.3. The molecule has 214 valence electrons. The highest BCUT2D eigenvalue weighted by atomic mass is 31.2. The SMILES string of the molecule is C=C1C(O[Si](C)(C)C(C)(C)C)CC(=CCP(=O)(c2ccccc2)c2ccccc2)C[C@H]1O[Si](C)(C)C(C)(C)C. The molecule has 1 saturated carbocycles. The first-order chi connectivity index (χ1) is 17.9. The quantitative estimate of drug-likeness (QED) is 0.177. The molecule has 2 aromatic carbocycles. The van der Waals surface area contributed by atoms with Gasteiger partial charge in [-0.2, -0.15) is 0 Å². The molecule has 0 saturated heterocycles. The Hall–Kier alpha value is -1.50. The number of hydrogen-bond donors (Lipinski definition) is 0. The Balaban J connectivity index is 2.00. The van der Waals surface area contributed by atoms with Crippen LogP contribution < -0.4 is 10.6 Å². The molecule has 0 N–H and O–H groups in total. The van der Waals surface area contributed by atoms with Crippen molar-refractivity contribution in [3.8, 4) is 0 Å². The molecule has 39 heavy (non-hydrogen) atoms. The number of benzene rings is 2. The van der Waals surface area contributed by atoms with Crippen molar-refractivity contribution in [3.05, 3.63) is 84.5 Å². The maximum atomic E-state index is 14.7. The second-order valence-electron chi connectivity index (χ2n) is 14.2. The molecule has 1 aliphatic rings. The van der Waals surface area contributed by atoms with Gasteiger partial charge in [0, 0.05) is 16.8 Å². The third-order valence-corrected chi connectivity index (χ3v) is 21.1. The van der Waals surface area contributed by atoms with E-state index >= 15 is 0 Å².